The molecule has 19 heavy (non-hydrogen) atoms. The van der Waals surface area contributed by atoms with Crippen LogP contribution in [0.15, 0.2) is 18.2 Å². The lowest BCUT2D eigenvalue weighted by molar-refractivity contribution is 0.256. The van der Waals surface area contributed by atoms with Gasteiger partial charge in [0.05, 0.1) is 6.61 Å². The van der Waals surface area contributed by atoms with E-state index in [4.69, 9.17) is 4.74 Å². The van der Waals surface area contributed by atoms with Gasteiger partial charge in [0, 0.05) is 17.5 Å². The molecule has 0 radical (unpaired) electrons. The number of benzene rings is 1. The van der Waals surface area contributed by atoms with Crippen molar-refractivity contribution in [2.75, 3.05) is 20.2 Å². The van der Waals surface area contributed by atoms with Crippen LogP contribution >= 0.6 is 0 Å². The van der Waals surface area contributed by atoms with Crippen LogP contribution in [0.1, 0.15) is 56.1 Å². The second kappa shape index (κ2) is 5.16. The van der Waals surface area contributed by atoms with Gasteiger partial charge in [-0.2, -0.15) is 0 Å². The third-order valence-corrected chi connectivity index (χ3v) is 4.80. The molecule has 2 heteroatoms. The molecule has 1 saturated heterocycles. The first kappa shape index (κ1) is 13.0. The summed E-state index contributed by atoms with van der Waals surface area (Å²) >= 11 is 0. The summed E-state index contributed by atoms with van der Waals surface area (Å²) in [5.41, 5.74) is 2.98. The molecular weight excluding hydrogens is 234 g/mol. The maximum Gasteiger partial charge on any atom is 0.123 e. The van der Waals surface area contributed by atoms with Gasteiger partial charge in [0.1, 0.15) is 5.75 Å². The van der Waals surface area contributed by atoms with E-state index in [0.29, 0.717) is 11.8 Å². The zero-order chi connectivity index (χ0) is 13.4. The minimum Gasteiger partial charge on any atom is -0.493 e. The number of fused-ring (bicyclic) bond motifs is 1. The highest BCUT2D eigenvalue weighted by Gasteiger charge is 2.32. The SMILES string of the molecule is CC(C)c1cccc2c1[C@@H](C[C@H]1CCCN1C)CO2. The van der Waals surface area contributed by atoms with E-state index < -0.39 is 0 Å². The second-order valence-electron chi connectivity index (χ2n) is 6.43. The largest absolute Gasteiger partial charge is 0.493 e. The van der Waals surface area contributed by atoms with Gasteiger partial charge >= 0.3 is 0 Å². The normalized spacial score (nSPS) is 26.7. The van der Waals surface area contributed by atoms with Crippen molar-refractivity contribution in [2.24, 2.45) is 0 Å². The second-order valence-corrected chi connectivity index (χ2v) is 6.43. The Morgan fingerprint density at radius 3 is 2.89 bits per heavy atom. The van der Waals surface area contributed by atoms with Gasteiger partial charge in [0.2, 0.25) is 0 Å². The Labute approximate surface area is 116 Å². The molecule has 2 aliphatic rings. The van der Waals surface area contributed by atoms with Crippen LogP contribution in [0.2, 0.25) is 0 Å². The minimum absolute atomic E-state index is 0.584. The Balaban J connectivity index is 1.84. The molecule has 3 rings (SSSR count). The van der Waals surface area contributed by atoms with Crippen LogP contribution < -0.4 is 4.74 Å². The van der Waals surface area contributed by atoms with E-state index in [-0.39, 0.29) is 0 Å². The molecule has 0 spiro atoms. The number of likely N-dealkylation sites (tertiary alicyclic amines) is 1. The van der Waals surface area contributed by atoms with Crippen molar-refractivity contribution < 1.29 is 4.74 Å². The molecule has 0 unspecified atom stereocenters. The molecule has 1 fully saturated rings. The van der Waals surface area contributed by atoms with Crippen LogP contribution in [0.4, 0.5) is 0 Å². The molecule has 1 aromatic rings. The topological polar surface area (TPSA) is 12.5 Å². The van der Waals surface area contributed by atoms with E-state index in [1.54, 1.807) is 0 Å². The molecule has 2 atom stereocenters. The fourth-order valence-corrected chi connectivity index (χ4v) is 3.69. The zero-order valence-corrected chi connectivity index (χ0v) is 12.4. The van der Waals surface area contributed by atoms with Crippen molar-refractivity contribution in [1.82, 2.24) is 4.90 Å². The smallest absolute Gasteiger partial charge is 0.123 e. The van der Waals surface area contributed by atoms with Gasteiger partial charge in [0.25, 0.3) is 0 Å². The number of nitrogens with zero attached hydrogens (tertiary/aromatic N) is 1. The Hall–Kier alpha value is -1.02. The van der Waals surface area contributed by atoms with Gasteiger partial charge < -0.3 is 9.64 Å². The molecule has 0 N–H and O–H groups in total. The van der Waals surface area contributed by atoms with Crippen LogP contribution in [0.3, 0.4) is 0 Å². The lowest BCUT2D eigenvalue weighted by Crippen LogP contribution is -2.27. The van der Waals surface area contributed by atoms with Gasteiger partial charge in [0.15, 0.2) is 0 Å². The molecule has 2 nitrogen and oxygen atoms in total. The average molecular weight is 259 g/mol. The number of hydrogen-bond acceptors (Lipinski definition) is 2. The summed E-state index contributed by atoms with van der Waals surface area (Å²) in [7, 11) is 2.27. The van der Waals surface area contributed by atoms with E-state index >= 15 is 0 Å². The Morgan fingerprint density at radius 2 is 2.21 bits per heavy atom. The molecular formula is C17H25NO. The lowest BCUT2D eigenvalue weighted by atomic mass is 9.86. The van der Waals surface area contributed by atoms with E-state index in [1.807, 2.05) is 0 Å². The summed E-state index contributed by atoms with van der Waals surface area (Å²) in [6.45, 7) is 6.71. The van der Waals surface area contributed by atoms with Crippen molar-refractivity contribution in [1.29, 1.82) is 0 Å². The quantitative estimate of drug-likeness (QED) is 0.819. The third-order valence-electron chi connectivity index (χ3n) is 4.80. The molecule has 0 aromatic heterocycles. The first-order valence-electron chi connectivity index (χ1n) is 7.62. The van der Waals surface area contributed by atoms with Crippen molar-refractivity contribution in [3.63, 3.8) is 0 Å². The molecule has 0 aliphatic carbocycles. The summed E-state index contributed by atoms with van der Waals surface area (Å²) in [4.78, 5) is 2.52. The van der Waals surface area contributed by atoms with E-state index in [0.717, 1.165) is 18.4 Å². The molecule has 1 aromatic carbocycles. The van der Waals surface area contributed by atoms with E-state index in [1.165, 1.54) is 36.9 Å². The maximum atomic E-state index is 5.93. The highest BCUT2D eigenvalue weighted by molar-refractivity contribution is 5.47. The Morgan fingerprint density at radius 1 is 1.37 bits per heavy atom. The predicted octanol–water partition coefficient (Wildman–Crippen LogP) is 3.77. The van der Waals surface area contributed by atoms with Crippen LogP contribution in [0.25, 0.3) is 0 Å². The Bertz CT molecular complexity index is 455. The monoisotopic (exact) mass is 259 g/mol. The zero-order valence-electron chi connectivity index (χ0n) is 12.4. The van der Waals surface area contributed by atoms with Gasteiger partial charge in [-0.25, -0.2) is 0 Å². The summed E-state index contributed by atoms with van der Waals surface area (Å²) in [5, 5.41) is 0. The summed E-state index contributed by atoms with van der Waals surface area (Å²) in [5.74, 6) is 2.32. The van der Waals surface area contributed by atoms with Gasteiger partial charge in [-0.05, 0) is 50.4 Å². The number of hydrogen-bond donors (Lipinski definition) is 0. The Kier molecular flexibility index (Phi) is 3.53. The van der Waals surface area contributed by atoms with Crippen LogP contribution in [-0.4, -0.2) is 31.1 Å². The molecule has 0 saturated carbocycles. The highest BCUT2D eigenvalue weighted by Crippen LogP contribution is 2.42. The third kappa shape index (κ3) is 2.38. The first-order chi connectivity index (χ1) is 9.16. The minimum atomic E-state index is 0.584. The molecule has 0 amide bonds. The first-order valence-corrected chi connectivity index (χ1v) is 7.62. The van der Waals surface area contributed by atoms with E-state index in [9.17, 15) is 0 Å². The van der Waals surface area contributed by atoms with E-state index in [2.05, 4.69) is 44.0 Å². The fraction of sp³-hybridized carbons (Fsp3) is 0.647. The summed E-state index contributed by atoms with van der Waals surface area (Å²) in [6.07, 6.45) is 3.97. The highest BCUT2D eigenvalue weighted by atomic mass is 16.5. The molecule has 2 aliphatic heterocycles. The summed E-state index contributed by atoms with van der Waals surface area (Å²) < 4.78 is 5.93. The van der Waals surface area contributed by atoms with Crippen molar-refractivity contribution >= 4 is 0 Å². The number of ether oxygens (including phenoxy) is 1. The van der Waals surface area contributed by atoms with Crippen molar-refractivity contribution in [3.8, 4) is 5.75 Å². The summed E-state index contributed by atoms with van der Waals surface area (Å²) in [6, 6.07) is 7.31. The lowest BCUT2D eigenvalue weighted by Gasteiger charge is -2.23. The average Bonchev–Trinajstić information content (AvgIpc) is 2.97. The predicted molar refractivity (Wildman–Crippen MR) is 79.0 cm³/mol. The van der Waals surface area contributed by atoms with Crippen LogP contribution in [-0.2, 0) is 0 Å². The van der Waals surface area contributed by atoms with Crippen LogP contribution in [0, 0.1) is 0 Å². The fourth-order valence-electron chi connectivity index (χ4n) is 3.69. The molecule has 0 bridgehead atoms. The van der Waals surface area contributed by atoms with Gasteiger partial charge in [-0.15, -0.1) is 0 Å². The number of rotatable bonds is 3. The molecule has 104 valence electrons. The van der Waals surface area contributed by atoms with Crippen LogP contribution in [0.5, 0.6) is 5.75 Å². The standard InChI is InChI=1S/C17H25NO/c1-12(2)15-7-4-8-16-17(15)13(11-19-16)10-14-6-5-9-18(14)3/h4,7-8,12-14H,5-6,9-11H2,1-3H3/t13-,14+/m0/s1. The maximum absolute atomic E-state index is 5.93. The van der Waals surface area contributed by atoms with Gasteiger partial charge in [-0.3, -0.25) is 0 Å². The van der Waals surface area contributed by atoms with Gasteiger partial charge in [-0.1, -0.05) is 26.0 Å². The van der Waals surface area contributed by atoms with Crippen molar-refractivity contribution in [2.45, 2.75) is 51.0 Å². The molecule has 2 heterocycles. The van der Waals surface area contributed by atoms with Crippen molar-refractivity contribution in [3.05, 3.63) is 29.3 Å².